The first-order valence-corrected chi connectivity index (χ1v) is 8.54. The average Bonchev–Trinajstić information content (AvgIpc) is 3.03. The summed E-state index contributed by atoms with van der Waals surface area (Å²) in [5.74, 6) is -1.21. The number of rotatable bonds is 4. The number of carboxylic acids is 1. The van der Waals surface area contributed by atoms with Gasteiger partial charge in [0.2, 0.25) is 9.84 Å². The molecule has 1 saturated carbocycles. The molecule has 2 aliphatic rings. The largest absolute Gasteiger partial charge is 0.478 e. The van der Waals surface area contributed by atoms with E-state index in [9.17, 15) is 13.2 Å². The number of nitrogens with one attached hydrogen (secondary N) is 1. The van der Waals surface area contributed by atoms with E-state index in [-0.39, 0.29) is 21.9 Å². The van der Waals surface area contributed by atoms with Crippen LogP contribution in [0.5, 0.6) is 0 Å². The first kappa shape index (κ1) is 14.3. The fraction of sp³-hybridized carbons (Fsp3) is 0.400. The van der Waals surface area contributed by atoms with Crippen LogP contribution in [0, 0.1) is 0 Å². The Bertz CT molecular complexity index is 715. The Kier molecular flexibility index (Phi) is 3.59. The molecule has 112 valence electrons. The first-order chi connectivity index (χ1) is 10.00. The zero-order valence-electron chi connectivity index (χ0n) is 11.5. The predicted octanol–water partition coefficient (Wildman–Crippen LogP) is 2.05. The monoisotopic (exact) mass is 307 g/mol. The van der Waals surface area contributed by atoms with Crippen LogP contribution in [-0.2, 0) is 9.84 Å². The lowest BCUT2D eigenvalue weighted by atomic mass is 10.1. The van der Waals surface area contributed by atoms with Gasteiger partial charge in [-0.3, -0.25) is 0 Å². The van der Waals surface area contributed by atoms with Gasteiger partial charge in [-0.25, -0.2) is 13.2 Å². The van der Waals surface area contributed by atoms with Crippen molar-refractivity contribution in [3.63, 3.8) is 0 Å². The van der Waals surface area contributed by atoms with Gasteiger partial charge in [-0.05, 0) is 30.5 Å². The molecule has 0 saturated heterocycles. The van der Waals surface area contributed by atoms with Gasteiger partial charge in [0.25, 0.3) is 0 Å². The molecule has 3 rings (SSSR count). The van der Waals surface area contributed by atoms with E-state index in [1.165, 1.54) is 18.9 Å². The Hall–Kier alpha value is -1.66. The standard InChI is InChI=1S/C15H17NO4S/c17-15(18)13-7-3-4-10-8-12(21(19,20)14(10)13)9-16-11-5-1-2-6-11/h3-4,7-8,11,16H,1-2,5-6,9H2,(H,17,18). The number of aromatic carboxylic acids is 1. The highest BCUT2D eigenvalue weighted by Crippen LogP contribution is 2.35. The molecule has 0 radical (unpaired) electrons. The number of benzene rings is 1. The zero-order valence-corrected chi connectivity index (χ0v) is 12.3. The molecule has 1 aromatic carbocycles. The quantitative estimate of drug-likeness (QED) is 0.889. The second-order valence-electron chi connectivity index (χ2n) is 5.51. The van der Waals surface area contributed by atoms with E-state index >= 15 is 0 Å². The predicted molar refractivity (Wildman–Crippen MR) is 78.8 cm³/mol. The van der Waals surface area contributed by atoms with Crippen molar-refractivity contribution in [3.05, 3.63) is 34.2 Å². The van der Waals surface area contributed by atoms with Gasteiger partial charge in [-0.2, -0.15) is 0 Å². The van der Waals surface area contributed by atoms with E-state index < -0.39 is 15.8 Å². The van der Waals surface area contributed by atoms with Crippen LogP contribution < -0.4 is 5.32 Å². The van der Waals surface area contributed by atoms with Crippen LogP contribution in [0.15, 0.2) is 28.0 Å². The summed E-state index contributed by atoms with van der Waals surface area (Å²) in [5.41, 5.74) is 0.317. The Balaban J connectivity index is 1.88. The van der Waals surface area contributed by atoms with Gasteiger partial charge >= 0.3 is 5.97 Å². The Labute approximate surface area is 123 Å². The van der Waals surface area contributed by atoms with Crippen LogP contribution in [0.25, 0.3) is 6.08 Å². The average molecular weight is 307 g/mol. The molecule has 1 aliphatic carbocycles. The number of hydrogen-bond acceptors (Lipinski definition) is 4. The molecular formula is C15H17NO4S. The Morgan fingerprint density at radius 2 is 2.00 bits per heavy atom. The van der Waals surface area contributed by atoms with Crippen LogP contribution in [-0.4, -0.2) is 32.1 Å². The molecule has 5 nitrogen and oxygen atoms in total. The molecule has 0 aromatic heterocycles. The molecule has 0 atom stereocenters. The molecule has 21 heavy (non-hydrogen) atoms. The molecule has 1 aliphatic heterocycles. The molecule has 0 bridgehead atoms. The van der Waals surface area contributed by atoms with Crippen LogP contribution in [0.1, 0.15) is 41.6 Å². The van der Waals surface area contributed by atoms with Gasteiger partial charge in [0, 0.05) is 12.6 Å². The van der Waals surface area contributed by atoms with E-state index in [1.807, 2.05) is 0 Å². The Morgan fingerprint density at radius 1 is 1.29 bits per heavy atom. The first-order valence-electron chi connectivity index (χ1n) is 7.05. The molecule has 1 aromatic rings. The minimum Gasteiger partial charge on any atom is -0.478 e. The number of carboxylic acid groups (broad SMARTS) is 1. The summed E-state index contributed by atoms with van der Waals surface area (Å²) in [4.78, 5) is 11.4. The molecule has 6 heteroatoms. The maximum Gasteiger partial charge on any atom is 0.337 e. The molecule has 0 amide bonds. The second kappa shape index (κ2) is 5.27. The van der Waals surface area contributed by atoms with Crippen molar-refractivity contribution < 1.29 is 18.3 Å². The number of hydrogen-bond donors (Lipinski definition) is 2. The number of carbonyl (C=O) groups is 1. The second-order valence-corrected chi connectivity index (χ2v) is 7.44. The van der Waals surface area contributed by atoms with Gasteiger partial charge < -0.3 is 10.4 Å². The van der Waals surface area contributed by atoms with E-state index in [0.717, 1.165) is 12.8 Å². The van der Waals surface area contributed by atoms with Crippen molar-refractivity contribution in [1.29, 1.82) is 0 Å². The highest BCUT2D eigenvalue weighted by Gasteiger charge is 2.34. The minimum absolute atomic E-state index is 0.0688. The van der Waals surface area contributed by atoms with E-state index in [0.29, 0.717) is 11.6 Å². The van der Waals surface area contributed by atoms with Crippen LogP contribution >= 0.6 is 0 Å². The van der Waals surface area contributed by atoms with Gasteiger partial charge in [0.1, 0.15) is 0 Å². The lowest BCUT2D eigenvalue weighted by Gasteiger charge is -2.12. The fourth-order valence-electron chi connectivity index (χ4n) is 3.04. The molecule has 0 spiro atoms. The van der Waals surface area contributed by atoms with Crippen molar-refractivity contribution in [1.82, 2.24) is 5.32 Å². The maximum atomic E-state index is 12.5. The van der Waals surface area contributed by atoms with Crippen molar-refractivity contribution in [2.45, 2.75) is 36.6 Å². The van der Waals surface area contributed by atoms with Gasteiger partial charge in [-0.1, -0.05) is 25.0 Å². The van der Waals surface area contributed by atoms with Crippen LogP contribution in [0.3, 0.4) is 0 Å². The van der Waals surface area contributed by atoms with Crippen molar-refractivity contribution in [2.24, 2.45) is 0 Å². The highest BCUT2D eigenvalue weighted by molar-refractivity contribution is 7.96. The lowest BCUT2D eigenvalue weighted by Crippen LogP contribution is -2.29. The summed E-state index contributed by atoms with van der Waals surface area (Å²) in [6.07, 6.45) is 6.07. The molecular weight excluding hydrogens is 290 g/mol. The lowest BCUT2D eigenvalue weighted by molar-refractivity contribution is 0.0692. The molecule has 0 unspecified atom stereocenters. The van der Waals surface area contributed by atoms with E-state index in [2.05, 4.69) is 5.32 Å². The van der Waals surface area contributed by atoms with Crippen molar-refractivity contribution >= 4 is 21.9 Å². The smallest absolute Gasteiger partial charge is 0.337 e. The normalized spacial score (nSPS) is 20.3. The molecule has 2 N–H and O–H groups in total. The van der Waals surface area contributed by atoms with Gasteiger partial charge in [-0.15, -0.1) is 0 Å². The summed E-state index contributed by atoms with van der Waals surface area (Å²) in [5, 5.41) is 12.4. The SMILES string of the molecule is O=C(O)c1cccc2c1S(=O)(=O)C(CNC1CCCC1)=C2. The number of fused-ring (bicyclic) bond motifs is 1. The summed E-state index contributed by atoms with van der Waals surface area (Å²) < 4.78 is 25.1. The fourth-order valence-corrected chi connectivity index (χ4v) is 4.74. The molecule has 1 heterocycles. The number of sulfone groups is 1. The van der Waals surface area contributed by atoms with E-state index in [4.69, 9.17) is 5.11 Å². The zero-order chi connectivity index (χ0) is 15.0. The molecule has 1 fully saturated rings. The van der Waals surface area contributed by atoms with Crippen molar-refractivity contribution in [3.8, 4) is 0 Å². The van der Waals surface area contributed by atoms with E-state index in [1.54, 1.807) is 18.2 Å². The van der Waals surface area contributed by atoms with Crippen LogP contribution in [0.2, 0.25) is 0 Å². The topological polar surface area (TPSA) is 83.5 Å². The maximum absolute atomic E-state index is 12.5. The third kappa shape index (κ3) is 2.49. The summed E-state index contributed by atoms with van der Waals surface area (Å²) in [6.45, 7) is 0.265. The van der Waals surface area contributed by atoms with Gasteiger partial charge in [0.15, 0.2) is 0 Å². The van der Waals surface area contributed by atoms with Gasteiger partial charge in [0.05, 0.1) is 15.4 Å². The third-order valence-corrected chi connectivity index (χ3v) is 6.07. The Morgan fingerprint density at radius 3 is 2.67 bits per heavy atom. The summed E-state index contributed by atoms with van der Waals surface area (Å²) >= 11 is 0. The third-order valence-electron chi connectivity index (χ3n) is 4.13. The minimum atomic E-state index is -3.70. The summed E-state index contributed by atoms with van der Waals surface area (Å²) in [7, 11) is -3.70. The summed E-state index contributed by atoms with van der Waals surface area (Å²) in [6, 6.07) is 4.91. The van der Waals surface area contributed by atoms with Crippen molar-refractivity contribution in [2.75, 3.05) is 6.54 Å². The highest BCUT2D eigenvalue weighted by atomic mass is 32.2. The van der Waals surface area contributed by atoms with Crippen LogP contribution in [0.4, 0.5) is 0 Å².